The zero-order valence-electron chi connectivity index (χ0n) is 8.87. The molecule has 0 saturated heterocycles. The fourth-order valence-corrected chi connectivity index (χ4v) is 2.11. The molecule has 1 aromatic rings. The standard InChI is InChI=1S/C11H13IN2OS/c1-2-9(10(13)16)14-11(15)7-5-3-4-6-8(7)12/h3-6,9H,2H2,1H3,(H2,13,16)(H,14,15). The molecule has 1 aromatic carbocycles. The Bertz CT molecular complexity index is 409. The molecule has 86 valence electrons. The number of halogens is 1. The number of thiocarbonyl (C=S) groups is 1. The topological polar surface area (TPSA) is 55.1 Å². The highest BCUT2D eigenvalue weighted by atomic mass is 127. The SMILES string of the molecule is CCC(NC(=O)c1ccccc1I)C(N)=S. The summed E-state index contributed by atoms with van der Waals surface area (Å²) in [5.41, 5.74) is 6.18. The number of hydrogen-bond donors (Lipinski definition) is 2. The van der Waals surface area contributed by atoms with Crippen LogP contribution >= 0.6 is 34.8 Å². The lowest BCUT2D eigenvalue weighted by atomic mass is 10.1. The van der Waals surface area contributed by atoms with Crippen LogP contribution in [-0.4, -0.2) is 16.9 Å². The van der Waals surface area contributed by atoms with Gasteiger partial charge in [-0.1, -0.05) is 31.3 Å². The van der Waals surface area contributed by atoms with Crippen molar-refractivity contribution < 1.29 is 4.79 Å². The second kappa shape index (κ2) is 6.15. The van der Waals surface area contributed by atoms with Crippen LogP contribution in [0.5, 0.6) is 0 Å². The predicted octanol–water partition coefficient (Wildman–Crippen LogP) is 2.09. The first-order valence-electron chi connectivity index (χ1n) is 4.91. The molecule has 0 aromatic heterocycles. The molecule has 0 aliphatic rings. The van der Waals surface area contributed by atoms with Crippen molar-refractivity contribution in [2.45, 2.75) is 19.4 Å². The van der Waals surface area contributed by atoms with E-state index in [9.17, 15) is 4.79 Å². The number of amides is 1. The van der Waals surface area contributed by atoms with Gasteiger partial charge in [0, 0.05) is 3.57 Å². The Morgan fingerprint density at radius 2 is 2.19 bits per heavy atom. The van der Waals surface area contributed by atoms with E-state index in [-0.39, 0.29) is 11.9 Å². The first kappa shape index (κ1) is 13.4. The highest BCUT2D eigenvalue weighted by molar-refractivity contribution is 14.1. The summed E-state index contributed by atoms with van der Waals surface area (Å²) in [5.74, 6) is -0.135. The van der Waals surface area contributed by atoms with Gasteiger partial charge in [0.2, 0.25) is 0 Å². The van der Waals surface area contributed by atoms with Gasteiger partial charge in [0.15, 0.2) is 0 Å². The minimum absolute atomic E-state index is 0.135. The number of carbonyl (C=O) groups excluding carboxylic acids is 1. The van der Waals surface area contributed by atoms with Crippen LogP contribution in [0.4, 0.5) is 0 Å². The van der Waals surface area contributed by atoms with E-state index in [0.29, 0.717) is 17.0 Å². The molecular formula is C11H13IN2OS. The maximum atomic E-state index is 11.9. The van der Waals surface area contributed by atoms with Gasteiger partial charge >= 0.3 is 0 Å². The van der Waals surface area contributed by atoms with Crippen LogP contribution in [0.2, 0.25) is 0 Å². The number of carbonyl (C=O) groups is 1. The third-order valence-electron chi connectivity index (χ3n) is 2.18. The van der Waals surface area contributed by atoms with Crippen LogP contribution < -0.4 is 11.1 Å². The van der Waals surface area contributed by atoms with Crippen molar-refractivity contribution in [3.05, 3.63) is 33.4 Å². The fourth-order valence-electron chi connectivity index (χ4n) is 1.26. The van der Waals surface area contributed by atoms with E-state index in [1.165, 1.54) is 0 Å². The third kappa shape index (κ3) is 3.41. The number of hydrogen-bond acceptors (Lipinski definition) is 2. The van der Waals surface area contributed by atoms with E-state index in [2.05, 4.69) is 27.9 Å². The van der Waals surface area contributed by atoms with Crippen LogP contribution in [0.1, 0.15) is 23.7 Å². The molecule has 1 rings (SSSR count). The molecule has 5 heteroatoms. The molecule has 0 fully saturated rings. The molecule has 0 spiro atoms. The van der Waals surface area contributed by atoms with Crippen LogP contribution in [-0.2, 0) is 0 Å². The summed E-state index contributed by atoms with van der Waals surface area (Å²) in [5, 5.41) is 2.81. The molecule has 0 saturated carbocycles. The van der Waals surface area contributed by atoms with Gasteiger partial charge in [0.05, 0.1) is 16.6 Å². The van der Waals surface area contributed by atoms with Gasteiger partial charge in [-0.2, -0.15) is 0 Å². The highest BCUT2D eigenvalue weighted by Gasteiger charge is 2.15. The van der Waals surface area contributed by atoms with Crippen molar-refractivity contribution in [1.82, 2.24) is 5.32 Å². The normalized spacial score (nSPS) is 11.9. The number of nitrogens with two attached hydrogens (primary N) is 1. The average Bonchev–Trinajstić information content (AvgIpc) is 2.25. The second-order valence-electron chi connectivity index (χ2n) is 3.32. The van der Waals surface area contributed by atoms with Crippen molar-refractivity contribution in [2.75, 3.05) is 0 Å². The van der Waals surface area contributed by atoms with Crippen LogP contribution in [0.15, 0.2) is 24.3 Å². The van der Waals surface area contributed by atoms with Crippen molar-refractivity contribution >= 4 is 45.7 Å². The van der Waals surface area contributed by atoms with Gasteiger partial charge in [-0.25, -0.2) is 0 Å². The molecule has 1 unspecified atom stereocenters. The van der Waals surface area contributed by atoms with E-state index in [1.807, 2.05) is 25.1 Å². The zero-order chi connectivity index (χ0) is 12.1. The Morgan fingerprint density at radius 3 is 2.69 bits per heavy atom. The Labute approximate surface area is 114 Å². The summed E-state index contributed by atoms with van der Waals surface area (Å²) in [6, 6.07) is 7.15. The Kier molecular flexibility index (Phi) is 5.14. The lowest BCUT2D eigenvalue weighted by Crippen LogP contribution is -2.43. The quantitative estimate of drug-likeness (QED) is 0.647. The third-order valence-corrected chi connectivity index (χ3v) is 3.40. The largest absolute Gasteiger partial charge is 0.392 e. The number of benzene rings is 1. The Balaban J connectivity index is 2.80. The Morgan fingerprint density at radius 1 is 1.56 bits per heavy atom. The molecule has 1 amide bonds. The molecule has 0 bridgehead atoms. The van der Waals surface area contributed by atoms with Crippen LogP contribution in [0.3, 0.4) is 0 Å². The monoisotopic (exact) mass is 348 g/mol. The first-order valence-corrected chi connectivity index (χ1v) is 6.39. The lowest BCUT2D eigenvalue weighted by molar-refractivity contribution is 0.0945. The first-order chi connectivity index (χ1) is 7.56. The maximum Gasteiger partial charge on any atom is 0.252 e. The summed E-state index contributed by atoms with van der Waals surface area (Å²) in [7, 11) is 0. The molecule has 16 heavy (non-hydrogen) atoms. The van der Waals surface area contributed by atoms with E-state index >= 15 is 0 Å². The van der Waals surface area contributed by atoms with E-state index in [1.54, 1.807) is 6.07 Å². The number of nitrogens with one attached hydrogen (secondary N) is 1. The van der Waals surface area contributed by atoms with Crippen molar-refractivity contribution in [2.24, 2.45) is 5.73 Å². The van der Waals surface area contributed by atoms with Crippen molar-refractivity contribution in [3.63, 3.8) is 0 Å². The molecule has 1 atom stereocenters. The summed E-state index contributed by atoms with van der Waals surface area (Å²) in [4.78, 5) is 12.2. The summed E-state index contributed by atoms with van der Waals surface area (Å²) >= 11 is 7.01. The molecule has 3 N–H and O–H groups in total. The molecule has 0 radical (unpaired) electrons. The lowest BCUT2D eigenvalue weighted by Gasteiger charge is -2.15. The Hall–Kier alpha value is -0.690. The van der Waals surface area contributed by atoms with E-state index in [4.69, 9.17) is 18.0 Å². The van der Waals surface area contributed by atoms with Gasteiger partial charge in [0.25, 0.3) is 5.91 Å². The molecule has 0 heterocycles. The zero-order valence-corrected chi connectivity index (χ0v) is 11.8. The molecule has 0 aliphatic heterocycles. The van der Waals surface area contributed by atoms with Gasteiger partial charge in [-0.3, -0.25) is 4.79 Å². The minimum atomic E-state index is -0.237. The van der Waals surface area contributed by atoms with Gasteiger partial charge in [0.1, 0.15) is 0 Å². The van der Waals surface area contributed by atoms with Crippen LogP contribution in [0.25, 0.3) is 0 Å². The summed E-state index contributed by atoms with van der Waals surface area (Å²) in [6.45, 7) is 1.93. The average molecular weight is 348 g/mol. The second-order valence-corrected chi connectivity index (χ2v) is 4.95. The van der Waals surface area contributed by atoms with Gasteiger partial charge in [-0.05, 0) is 41.1 Å². The van der Waals surface area contributed by atoms with E-state index < -0.39 is 0 Å². The van der Waals surface area contributed by atoms with Crippen molar-refractivity contribution in [3.8, 4) is 0 Å². The number of rotatable bonds is 4. The predicted molar refractivity (Wildman–Crippen MR) is 77.5 cm³/mol. The van der Waals surface area contributed by atoms with Gasteiger partial charge < -0.3 is 11.1 Å². The smallest absolute Gasteiger partial charge is 0.252 e. The summed E-state index contributed by atoms with van der Waals surface area (Å²) < 4.78 is 0.912. The van der Waals surface area contributed by atoms with Crippen LogP contribution in [0, 0.1) is 3.57 Å². The fraction of sp³-hybridized carbons (Fsp3) is 0.273. The molecule has 3 nitrogen and oxygen atoms in total. The minimum Gasteiger partial charge on any atom is -0.392 e. The highest BCUT2D eigenvalue weighted by Crippen LogP contribution is 2.11. The molecular weight excluding hydrogens is 335 g/mol. The summed E-state index contributed by atoms with van der Waals surface area (Å²) in [6.07, 6.45) is 0.699. The van der Waals surface area contributed by atoms with Gasteiger partial charge in [-0.15, -0.1) is 0 Å². The molecule has 0 aliphatic carbocycles. The van der Waals surface area contributed by atoms with E-state index in [0.717, 1.165) is 3.57 Å². The van der Waals surface area contributed by atoms with Crippen molar-refractivity contribution in [1.29, 1.82) is 0 Å². The maximum absolute atomic E-state index is 11.9.